The molecule has 1 atom stereocenters. The molecule has 0 amide bonds. The summed E-state index contributed by atoms with van der Waals surface area (Å²) in [5, 5.41) is 4.40. The Morgan fingerprint density at radius 3 is 2.95 bits per heavy atom. The lowest BCUT2D eigenvalue weighted by Crippen LogP contribution is -2.46. The molecule has 3 rings (SSSR count). The van der Waals surface area contributed by atoms with E-state index in [1.165, 1.54) is 24.3 Å². The number of nitrogens with one attached hydrogen (secondary N) is 1. The maximum atomic E-state index is 6.27. The third kappa shape index (κ3) is 3.46. The van der Waals surface area contributed by atoms with Crippen molar-refractivity contribution >= 4 is 45.0 Å². The molecule has 20 heavy (non-hydrogen) atoms. The van der Waals surface area contributed by atoms with Gasteiger partial charge in [-0.3, -0.25) is 0 Å². The minimum Gasteiger partial charge on any atom is -0.381 e. The molecule has 110 valence electrons. The van der Waals surface area contributed by atoms with Crippen molar-refractivity contribution in [3.63, 3.8) is 0 Å². The quantitative estimate of drug-likeness (QED) is 0.788. The SMILES string of the molecule is Clc1ccc(Br)cc1NC1CCOC2(CCSCC2)C1. The van der Waals surface area contributed by atoms with Crippen LogP contribution >= 0.6 is 39.3 Å². The Kier molecular flexibility index (Phi) is 4.86. The van der Waals surface area contributed by atoms with Crippen LogP contribution in [0.5, 0.6) is 0 Å². The molecule has 2 nitrogen and oxygen atoms in total. The van der Waals surface area contributed by atoms with Gasteiger partial charge in [0.15, 0.2) is 0 Å². The monoisotopic (exact) mass is 375 g/mol. The second kappa shape index (κ2) is 6.47. The van der Waals surface area contributed by atoms with Crippen molar-refractivity contribution in [3.05, 3.63) is 27.7 Å². The molecule has 0 aliphatic carbocycles. The fourth-order valence-electron chi connectivity index (χ4n) is 3.07. The van der Waals surface area contributed by atoms with Gasteiger partial charge in [0.25, 0.3) is 0 Å². The second-order valence-electron chi connectivity index (χ2n) is 5.60. The Balaban J connectivity index is 1.69. The van der Waals surface area contributed by atoms with Crippen molar-refractivity contribution in [1.29, 1.82) is 0 Å². The van der Waals surface area contributed by atoms with Crippen molar-refractivity contribution < 1.29 is 4.74 Å². The van der Waals surface area contributed by atoms with E-state index in [0.29, 0.717) is 6.04 Å². The van der Waals surface area contributed by atoms with Gasteiger partial charge in [0.1, 0.15) is 0 Å². The van der Waals surface area contributed by atoms with Crippen LogP contribution in [0.25, 0.3) is 0 Å². The number of hydrogen-bond acceptors (Lipinski definition) is 3. The lowest BCUT2D eigenvalue weighted by molar-refractivity contribution is -0.0865. The zero-order chi connectivity index (χ0) is 14.0. The van der Waals surface area contributed by atoms with Crippen LogP contribution in [-0.2, 0) is 4.74 Å². The third-order valence-electron chi connectivity index (χ3n) is 4.19. The van der Waals surface area contributed by atoms with Gasteiger partial charge in [0.05, 0.1) is 16.3 Å². The van der Waals surface area contributed by atoms with Gasteiger partial charge >= 0.3 is 0 Å². The predicted molar refractivity (Wildman–Crippen MR) is 91.0 cm³/mol. The molecule has 2 aliphatic rings. The number of halogens is 2. The fourth-order valence-corrected chi connectivity index (χ4v) is 4.84. The smallest absolute Gasteiger partial charge is 0.0717 e. The highest BCUT2D eigenvalue weighted by Gasteiger charge is 2.38. The summed E-state index contributed by atoms with van der Waals surface area (Å²) >= 11 is 11.8. The molecule has 1 unspecified atom stereocenters. The van der Waals surface area contributed by atoms with E-state index in [-0.39, 0.29) is 5.60 Å². The maximum Gasteiger partial charge on any atom is 0.0717 e. The summed E-state index contributed by atoms with van der Waals surface area (Å²) < 4.78 is 7.19. The zero-order valence-corrected chi connectivity index (χ0v) is 14.5. The number of thioether (sulfide) groups is 1. The van der Waals surface area contributed by atoms with Crippen LogP contribution in [0.15, 0.2) is 22.7 Å². The van der Waals surface area contributed by atoms with Gasteiger partial charge in [-0.25, -0.2) is 0 Å². The molecule has 2 heterocycles. The summed E-state index contributed by atoms with van der Waals surface area (Å²) in [6.07, 6.45) is 4.51. The number of rotatable bonds is 2. The summed E-state index contributed by atoms with van der Waals surface area (Å²) in [6, 6.07) is 6.41. The molecule has 2 saturated heterocycles. The molecule has 1 N–H and O–H groups in total. The lowest BCUT2D eigenvalue weighted by atomic mass is 9.85. The first-order chi connectivity index (χ1) is 9.67. The van der Waals surface area contributed by atoms with E-state index in [0.717, 1.165) is 34.6 Å². The van der Waals surface area contributed by atoms with Crippen molar-refractivity contribution in [1.82, 2.24) is 0 Å². The average Bonchev–Trinajstić information content (AvgIpc) is 2.44. The molecule has 2 aliphatic heterocycles. The lowest BCUT2D eigenvalue weighted by Gasteiger charge is -2.43. The highest BCUT2D eigenvalue weighted by molar-refractivity contribution is 9.10. The van der Waals surface area contributed by atoms with E-state index in [4.69, 9.17) is 16.3 Å². The number of benzene rings is 1. The molecule has 1 spiro atoms. The number of ether oxygens (including phenoxy) is 1. The molecule has 1 aromatic carbocycles. The van der Waals surface area contributed by atoms with Crippen LogP contribution in [0.3, 0.4) is 0 Å². The van der Waals surface area contributed by atoms with Gasteiger partial charge in [-0.05, 0) is 55.4 Å². The zero-order valence-electron chi connectivity index (χ0n) is 11.3. The minimum atomic E-state index is 0.111. The second-order valence-corrected chi connectivity index (χ2v) is 8.15. The van der Waals surface area contributed by atoms with Gasteiger partial charge in [-0.2, -0.15) is 11.8 Å². The van der Waals surface area contributed by atoms with E-state index in [1.807, 2.05) is 23.9 Å². The van der Waals surface area contributed by atoms with Crippen molar-refractivity contribution in [2.24, 2.45) is 0 Å². The van der Waals surface area contributed by atoms with Crippen molar-refractivity contribution in [2.45, 2.75) is 37.3 Å². The van der Waals surface area contributed by atoms with E-state index in [2.05, 4.69) is 27.3 Å². The summed E-state index contributed by atoms with van der Waals surface area (Å²) in [5.74, 6) is 2.45. The molecule has 2 fully saturated rings. The van der Waals surface area contributed by atoms with Crippen LogP contribution in [0.2, 0.25) is 5.02 Å². The van der Waals surface area contributed by atoms with E-state index in [9.17, 15) is 0 Å². The average molecular weight is 377 g/mol. The van der Waals surface area contributed by atoms with E-state index >= 15 is 0 Å². The standard InChI is InChI=1S/C15H19BrClNOS/c16-11-1-2-13(17)14(9-11)18-12-3-6-19-15(10-12)4-7-20-8-5-15/h1-2,9,12,18H,3-8,10H2. The Labute approximate surface area is 138 Å². The summed E-state index contributed by atoms with van der Waals surface area (Å²) in [7, 11) is 0. The van der Waals surface area contributed by atoms with Gasteiger partial charge in [-0.1, -0.05) is 27.5 Å². The Morgan fingerprint density at radius 2 is 2.15 bits per heavy atom. The minimum absolute atomic E-state index is 0.111. The van der Waals surface area contributed by atoms with Crippen LogP contribution in [0.4, 0.5) is 5.69 Å². The predicted octanol–water partition coefficient (Wildman–Crippen LogP) is 4.96. The fraction of sp³-hybridized carbons (Fsp3) is 0.600. The van der Waals surface area contributed by atoms with Crippen LogP contribution in [0, 0.1) is 0 Å². The van der Waals surface area contributed by atoms with Gasteiger partial charge in [-0.15, -0.1) is 0 Å². The number of anilines is 1. The van der Waals surface area contributed by atoms with Gasteiger partial charge in [0, 0.05) is 17.1 Å². The molecular formula is C15H19BrClNOS. The van der Waals surface area contributed by atoms with Crippen LogP contribution < -0.4 is 5.32 Å². The molecule has 0 aromatic heterocycles. The van der Waals surface area contributed by atoms with Crippen molar-refractivity contribution in [3.8, 4) is 0 Å². The molecule has 5 heteroatoms. The Bertz CT molecular complexity index is 473. The van der Waals surface area contributed by atoms with E-state index in [1.54, 1.807) is 0 Å². The van der Waals surface area contributed by atoms with E-state index < -0.39 is 0 Å². The highest BCUT2D eigenvalue weighted by atomic mass is 79.9. The largest absolute Gasteiger partial charge is 0.381 e. The highest BCUT2D eigenvalue weighted by Crippen LogP contribution is 2.39. The maximum absolute atomic E-state index is 6.27. The summed E-state index contributed by atoms with van der Waals surface area (Å²) in [6.45, 7) is 0.855. The molecule has 1 aromatic rings. The molecule has 0 bridgehead atoms. The first kappa shape index (κ1) is 15.0. The third-order valence-corrected chi connectivity index (χ3v) is 5.99. The molecule has 0 radical (unpaired) electrons. The topological polar surface area (TPSA) is 21.3 Å². The first-order valence-electron chi connectivity index (χ1n) is 7.10. The Hall–Kier alpha value is 0.1000. The summed E-state index contributed by atoms with van der Waals surface area (Å²) in [5.41, 5.74) is 1.13. The first-order valence-corrected chi connectivity index (χ1v) is 9.43. The van der Waals surface area contributed by atoms with Crippen LogP contribution in [0.1, 0.15) is 25.7 Å². The van der Waals surface area contributed by atoms with Gasteiger partial charge < -0.3 is 10.1 Å². The van der Waals surface area contributed by atoms with Gasteiger partial charge in [0.2, 0.25) is 0 Å². The Morgan fingerprint density at radius 1 is 1.35 bits per heavy atom. The normalized spacial score (nSPS) is 25.6. The summed E-state index contributed by atoms with van der Waals surface area (Å²) in [4.78, 5) is 0. The molecular weight excluding hydrogens is 358 g/mol. The molecule has 0 saturated carbocycles. The van der Waals surface area contributed by atoms with Crippen molar-refractivity contribution in [2.75, 3.05) is 23.4 Å². The number of hydrogen-bond donors (Lipinski definition) is 1. The van der Waals surface area contributed by atoms with Crippen LogP contribution in [-0.4, -0.2) is 29.8 Å².